The number of aromatic nitrogens is 2. The number of methoxy groups -OCH3 is 1. The number of rotatable bonds is 9. The fourth-order valence-corrected chi connectivity index (χ4v) is 6.29. The fraction of sp³-hybridized carbons (Fsp3) is 0.481. The molecule has 3 aromatic rings. The smallest absolute Gasteiger partial charge is 0.243 e. The summed E-state index contributed by atoms with van der Waals surface area (Å²) in [6.07, 6.45) is 2.44. The highest BCUT2D eigenvalue weighted by molar-refractivity contribution is 7.89. The molecular formula is C27H35N5O5S. The van der Waals surface area contributed by atoms with E-state index in [4.69, 9.17) is 14.2 Å². The molecule has 2 saturated heterocycles. The third-order valence-corrected chi connectivity index (χ3v) is 8.99. The van der Waals surface area contributed by atoms with E-state index in [0.29, 0.717) is 49.2 Å². The van der Waals surface area contributed by atoms with Crippen LogP contribution in [0.25, 0.3) is 10.9 Å². The molecule has 0 aliphatic carbocycles. The van der Waals surface area contributed by atoms with Crippen LogP contribution in [0, 0.1) is 6.92 Å². The summed E-state index contributed by atoms with van der Waals surface area (Å²) in [6.45, 7) is 8.77. The maximum absolute atomic E-state index is 13.1. The van der Waals surface area contributed by atoms with Crippen LogP contribution in [0.15, 0.2) is 47.6 Å². The Bertz CT molecular complexity index is 1340. The fourth-order valence-electron chi connectivity index (χ4n) is 4.87. The molecule has 0 unspecified atom stereocenters. The van der Waals surface area contributed by atoms with Gasteiger partial charge in [-0.05, 0) is 31.5 Å². The van der Waals surface area contributed by atoms with E-state index in [2.05, 4.69) is 19.8 Å². The van der Waals surface area contributed by atoms with Gasteiger partial charge < -0.3 is 19.1 Å². The van der Waals surface area contributed by atoms with Gasteiger partial charge in [0.1, 0.15) is 12.1 Å². The number of fused-ring (bicyclic) bond motifs is 1. The lowest BCUT2D eigenvalue weighted by molar-refractivity contribution is 0.0357. The van der Waals surface area contributed by atoms with Crippen LogP contribution in [0.2, 0.25) is 0 Å². The Labute approximate surface area is 224 Å². The van der Waals surface area contributed by atoms with Crippen molar-refractivity contribution >= 4 is 26.7 Å². The van der Waals surface area contributed by atoms with Crippen molar-refractivity contribution in [2.45, 2.75) is 18.2 Å². The minimum Gasteiger partial charge on any atom is -0.493 e. The Balaban J connectivity index is 1.28. The minimum absolute atomic E-state index is 0.326. The molecule has 2 aliphatic rings. The lowest BCUT2D eigenvalue weighted by Crippen LogP contribution is -2.49. The van der Waals surface area contributed by atoms with Crippen molar-refractivity contribution in [1.82, 2.24) is 19.2 Å². The standard InChI is InChI=1S/C27H35N5O5S/c1-21-4-6-22(7-5-21)38(33,34)32-11-9-31(10-12-32)27-23-18-26(25(35-2)19-24(23)28-20-29-27)37-15-3-8-30-13-16-36-17-14-30/h4-7,18-20H,3,8-17H2,1-2H3. The Morgan fingerprint density at radius 2 is 1.68 bits per heavy atom. The summed E-state index contributed by atoms with van der Waals surface area (Å²) in [6, 6.07) is 10.8. The minimum atomic E-state index is -3.54. The summed E-state index contributed by atoms with van der Waals surface area (Å²) < 4.78 is 45.0. The average Bonchev–Trinajstić information content (AvgIpc) is 2.95. The molecule has 0 amide bonds. The number of hydrogen-bond acceptors (Lipinski definition) is 9. The molecule has 2 aromatic carbocycles. The zero-order valence-electron chi connectivity index (χ0n) is 22.0. The predicted molar refractivity (Wildman–Crippen MR) is 146 cm³/mol. The Morgan fingerprint density at radius 3 is 2.39 bits per heavy atom. The summed E-state index contributed by atoms with van der Waals surface area (Å²) in [4.78, 5) is 13.8. The van der Waals surface area contributed by atoms with Gasteiger partial charge in [-0.1, -0.05) is 17.7 Å². The van der Waals surface area contributed by atoms with Gasteiger partial charge in [0.05, 0.1) is 37.3 Å². The summed E-state index contributed by atoms with van der Waals surface area (Å²) in [7, 11) is -1.91. The van der Waals surface area contributed by atoms with Crippen LogP contribution < -0.4 is 14.4 Å². The molecule has 3 heterocycles. The van der Waals surface area contributed by atoms with Crippen molar-refractivity contribution in [3.8, 4) is 11.5 Å². The van der Waals surface area contributed by atoms with Gasteiger partial charge in [-0.3, -0.25) is 4.90 Å². The Kier molecular flexibility index (Phi) is 8.27. The first kappa shape index (κ1) is 26.6. The number of nitrogens with zero attached hydrogens (tertiary/aromatic N) is 5. The first-order chi connectivity index (χ1) is 18.5. The number of ether oxygens (including phenoxy) is 3. The molecule has 38 heavy (non-hydrogen) atoms. The summed E-state index contributed by atoms with van der Waals surface area (Å²) >= 11 is 0. The number of sulfonamides is 1. The zero-order valence-corrected chi connectivity index (χ0v) is 22.8. The van der Waals surface area contributed by atoms with E-state index in [0.717, 1.165) is 61.6 Å². The highest BCUT2D eigenvalue weighted by Crippen LogP contribution is 2.35. The van der Waals surface area contributed by atoms with Gasteiger partial charge in [0, 0.05) is 57.3 Å². The van der Waals surface area contributed by atoms with Gasteiger partial charge in [0.25, 0.3) is 0 Å². The molecule has 0 N–H and O–H groups in total. The molecule has 2 fully saturated rings. The van der Waals surface area contributed by atoms with Gasteiger partial charge >= 0.3 is 0 Å². The Hall–Kier alpha value is -2.99. The SMILES string of the molecule is COc1cc2ncnc(N3CCN(S(=O)(=O)c4ccc(C)cc4)CC3)c2cc1OCCCN1CCOCC1. The second kappa shape index (κ2) is 11.8. The maximum Gasteiger partial charge on any atom is 0.243 e. The number of aryl methyl sites for hydroxylation is 1. The third-order valence-electron chi connectivity index (χ3n) is 7.08. The van der Waals surface area contributed by atoms with Gasteiger partial charge in [0.2, 0.25) is 10.0 Å². The van der Waals surface area contributed by atoms with Crippen LogP contribution in [-0.2, 0) is 14.8 Å². The molecule has 0 atom stereocenters. The van der Waals surface area contributed by atoms with E-state index >= 15 is 0 Å². The molecule has 11 heteroatoms. The van der Waals surface area contributed by atoms with Crippen LogP contribution in [0.1, 0.15) is 12.0 Å². The molecular weight excluding hydrogens is 506 g/mol. The quantitative estimate of drug-likeness (QED) is 0.379. The topological polar surface area (TPSA) is 97.3 Å². The highest BCUT2D eigenvalue weighted by Gasteiger charge is 2.29. The van der Waals surface area contributed by atoms with Crippen molar-refractivity contribution in [2.24, 2.45) is 0 Å². The van der Waals surface area contributed by atoms with E-state index in [1.807, 2.05) is 31.2 Å². The van der Waals surface area contributed by atoms with Crippen molar-refractivity contribution < 1.29 is 22.6 Å². The largest absolute Gasteiger partial charge is 0.493 e. The summed E-state index contributed by atoms with van der Waals surface area (Å²) in [5.74, 6) is 2.05. The molecule has 0 bridgehead atoms. The monoisotopic (exact) mass is 541 g/mol. The number of hydrogen-bond donors (Lipinski definition) is 0. The van der Waals surface area contributed by atoms with Crippen molar-refractivity contribution in [2.75, 3.05) is 77.6 Å². The Morgan fingerprint density at radius 1 is 0.947 bits per heavy atom. The number of piperazine rings is 1. The first-order valence-electron chi connectivity index (χ1n) is 13.0. The van der Waals surface area contributed by atoms with Crippen LogP contribution in [0.4, 0.5) is 5.82 Å². The van der Waals surface area contributed by atoms with Crippen LogP contribution in [0.5, 0.6) is 11.5 Å². The van der Waals surface area contributed by atoms with Gasteiger partial charge in [0.15, 0.2) is 11.5 Å². The molecule has 0 saturated carbocycles. The lowest BCUT2D eigenvalue weighted by Gasteiger charge is -2.35. The second-order valence-electron chi connectivity index (χ2n) is 9.58. The molecule has 2 aliphatic heterocycles. The maximum atomic E-state index is 13.1. The van der Waals surface area contributed by atoms with Gasteiger partial charge in [-0.15, -0.1) is 0 Å². The van der Waals surface area contributed by atoms with E-state index in [9.17, 15) is 8.42 Å². The molecule has 0 spiro atoms. The normalized spacial score (nSPS) is 17.6. The lowest BCUT2D eigenvalue weighted by atomic mass is 10.2. The predicted octanol–water partition coefficient (Wildman–Crippen LogP) is 2.56. The molecule has 0 radical (unpaired) electrons. The van der Waals surface area contributed by atoms with E-state index < -0.39 is 10.0 Å². The molecule has 10 nitrogen and oxygen atoms in total. The van der Waals surface area contributed by atoms with E-state index in [-0.39, 0.29) is 0 Å². The number of anilines is 1. The van der Waals surface area contributed by atoms with E-state index in [1.165, 1.54) is 6.33 Å². The molecule has 5 rings (SSSR count). The van der Waals surface area contributed by atoms with Crippen molar-refractivity contribution in [3.63, 3.8) is 0 Å². The van der Waals surface area contributed by atoms with Gasteiger partial charge in [-0.2, -0.15) is 4.31 Å². The molecule has 204 valence electrons. The third kappa shape index (κ3) is 5.85. The van der Waals surface area contributed by atoms with Crippen LogP contribution in [-0.4, -0.2) is 100 Å². The highest BCUT2D eigenvalue weighted by atomic mass is 32.2. The number of morpholine rings is 1. The van der Waals surface area contributed by atoms with Crippen LogP contribution >= 0.6 is 0 Å². The van der Waals surface area contributed by atoms with E-state index in [1.54, 1.807) is 23.5 Å². The second-order valence-corrected chi connectivity index (χ2v) is 11.5. The van der Waals surface area contributed by atoms with Crippen molar-refractivity contribution in [3.05, 3.63) is 48.3 Å². The summed E-state index contributed by atoms with van der Waals surface area (Å²) in [5.41, 5.74) is 1.78. The first-order valence-corrected chi connectivity index (χ1v) is 14.5. The zero-order chi connectivity index (χ0) is 26.5. The molecule has 1 aromatic heterocycles. The summed E-state index contributed by atoms with van der Waals surface area (Å²) in [5, 5.41) is 0.853. The van der Waals surface area contributed by atoms with Gasteiger partial charge in [-0.25, -0.2) is 18.4 Å². The average molecular weight is 542 g/mol. The van der Waals surface area contributed by atoms with Crippen molar-refractivity contribution in [1.29, 1.82) is 0 Å². The van der Waals surface area contributed by atoms with Crippen LogP contribution in [0.3, 0.4) is 0 Å². The number of benzene rings is 2.